The summed E-state index contributed by atoms with van der Waals surface area (Å²) in [6.45, 7) is 2.83. The summed E-state index contributed by atoms with van der Waals surface area (Å²) in [5.74, 6) is 0.945. The fraction of sp³-hybridized carbons (Fsp3) is 0.632. The van der Waals surface area contributed by atoms with Crippen LogP contribution in [0.25, 0.3) is 0 Å². The van der Waals surface area contributed by atoms with Crippen molar-refractivity contribution in [3.05, 3.63) is 29.8 Å². The molecule has 3 fully saturated rings. The van der Waals surface area contributed by atoms with E-state index < -0.39 is 10.0 Å². The van der Waals surface area contributed by atoms with E-state index in [9.17, 15) is 8.42 Å². The van der Waals surface area contributed by atoms with Crippen molar-refractivity contribution in [1.82, 2.24) is 14.9 Å². The van der Waals surface area contributed by atoms with Gasteiger partial charge in [0.2, 0.25) is 10.0 Å². The molecular formula is C19H29IN4O2S. The Balaban J connectivity index is 0.00000210. The van der Waals surface area contributed by atoms with Crippen LogP contribution in [0.3, 0.4) is 0 Å². The summed E-state index contributed by atoms with van der Waals surface area (Å²) >= 11 is 0. The second-order valence-corrected chi connectivity index (χ2v) is 9.68. The first kappa shape index (κ1) is 20.9. The van der Waals surface area contributed by atoms with E-state index in [0.29, 0.717) is 16.9 Å². The minimum atomic E-state index is -3.37. The second kappa shape index (κ2) is 8.24. The molecule has 2 saturated carbocycles. The van der Waals surface area contributed by atoms with Gasteiger partial charge in [0.05, 0.1) is 4.90 Å². The van der Waals surface area contributed by atoms with Gasteiger partial charge in [0.25, 0.3) is 0 Å². The lowest BCUT2D eigenvalue weighted by molar-refractivity contribution is 0.151. The van der Waals surface area contributed by atoms with Gasteiger partial charge in [0.1, 0.15) is 0 Å². The van der Waals surface area contributed by atoms with Gasteiger partial charge in [-0.1, -0.05) is 18.6 Å². The van der Waals surface area contributed by atoms with E-state index in [4.69, 9.17) is 0 Å². The smallest absolute Gasteiger partial charge is 0.240 e. The summed E-state index contributed by atoms with van der Waals surface area (Å²) in [4.78, 5) is 7.13. The molecule has 0 unspecified atom stereocenters. The molecule has 2 N–H and O–H groups in total. The van der Waals surface area contributed by atoms with Gasteiger partial charge in [-0.2, -0.15) is 0 Å². The van der Waals surface area contributed by atoms with E-state index in [2.05, 4.69) is 19.9 Å². The molecule has 1 heterocycles. The maximum Gasteiger partial charge on any atom is 0.240 e. The van der Waals surface area contributed by atoms with Crippen molar-refractivity contribution in [1.29, 1.82) is 0 Å². The summed E-state index contributed by atoms with van der Waals surface area (Å²) in [6.07, 6.45) is 7.23. The predicted octanol–water partition coefficient (Wildman–Crippen LogP) is 2.70. The van der Waals surface area contributed by atoms with E-state index in [1.807, 2.05) is 19.2 Å². The highest BCUT2D eigenvalue weighted by Crippen LogP contribution is 2.47. The molecule has 1 aromatic rings. The molecule has 1 saturated heterocycles. The number of hydrogen-bond acceptors (Lipinski definition) is 3. The topological polar surface area (TPSA) is 73.8 Å². The Kier molecular flexibility index (Phi) is 6.37. The van der Waals surface area contributed by atoms with E-state index in [0.717, 1.165) is 37.5 Å². The lowest BCUT2D eigenvalue weighted by Gasteiger charge is -2.38. The molecule has 8 heteroatoms. The minimum Gasteiger partial charge on any atom is -0.352 e. The lowest BCUT2D eigenvalue weighted by atomic mass is 9.68. The number of nitrogens with zero attached hydrogens (tertiary/aromatic N) is 2. The third kappa shape index (κ3) is 4.76. The number of sulfonamides is 1. The molecule has 1 spiro atoms. The van der Waals surface area contributed by atoms with E-state index in [1.54, 1.807) is 12.1 Å². The number of nitrogens with one attached hydrogen (secondary N) is 2. The lowest BCUT2D eigenvalue weighted by Crippen LogP contribution is -2.42. The molecule has 1 aliphatic heterocycles. The van der Waals surface area contributed by atoms with Crippen molar-refractivity contribution < 1.29 is 8.42 Å². The zero-order valence-electron chi connectivity index (χ0n) is 15.8. The fourth-order valence-electron chi connectivity index (χ4n) is 3.99. The normalized spacial score (nSPS) is 21.7. The Bertz CT molecular complexity index is 786. The highest BCUT2D eigenvalue weighted by atomic mass is 127. The average molecular weight is 504 g/mol. The highest BCUT2D eigenvalue weighted by molar-refractivity contribution is 14.0. The first-order chi connectivity index (χ1) is 12.5. The van der Waals surface area contributed by atoms with Gasteiger partial charge in [-0.3, -0.25) is 4.99 Å². The molecule has 3 aliphatic rings. The molecule has 0 amide bonds. The Hall–Kier alpha value is -0.870. The third-order valence-electron chi connectivity index (χ3n) is 5.95. The van der Waals surface area contributed by atoms with Gasteiger partial charge in [0, 0.05) is 32.7 Å². The van der Waals surface area contributed by atoms with Crippen molar-refractivity contribution in [2.75, 3.05) is 20.1 Å². The van der Waals surface area contributed by atoms with Crippen LogP contribution in [0.2, 0.25) is 0 Å². The molecule has 27 heavy (non-hydrogen) atoms. The van der Waals surface area contributed by atoms with Crippen LogP contribution >= 0.6 is 24.0 Å². The molecule has 0 radical (unpaired) electrons. The third-order valence-corrected chi connectivity index (χ3v) is 7.48. The molecule has 0 bridgehead atoms. The molecule has 2 aliphatic carbocycles. The maximum atomic E-state index is 12.2. The summed E-state index contributed by atoms with van der Waals surface area (Å²) in [6, 6.07) is 7.25. The first-order valence-corrected chi connectivity index (χ1v) is 11.0. The molecule has 0 atom stereocenters. The van der Waals surface area contributed by atoms with Gasteiger partial charge in [-0.25, -0.2) is 13.1 Å². The zero-order chi connectivity index (χ0) is 18.2. The number of hydrogen-bond donors (Lipinski definition) is 2. The van der Waals surface area contributed by atoms with Crippen LogP contribution in [-0.4, -0.2) is 45.5 Å². The Morgan fingerprint density at radius 3 is 2.44 bits per heavy atom. The SMILES string of the molecule is CN=C(NCc1ccc(S(=O)(=O)NC2CC2)cc1)N1CCC2(CCC2)C1.I. The standard InChI is InChI=1S/C19H28N4O2S.HI/c1-20-18(23-12-11-19(14-23)9-2-10-19)21-13-15-3-7-17(8-4-15)26(24,25)22-16-5-6-16;/h3-4,7-8,16,22H,2,5-6,9-14H2,1H3,(H,20,21);1H. The van der Waals surface area contributed by atoms with Crippen LogP contribution in [0.15, 0.2) is 34.2 Å². The van der Waals surface area contributed by atoms with Gasteiger partial charge in [-0.05, 0) is 55.2 Å². The zero-order valence-corrected chi connectivity index (χ0v) is 18.9. The summed E-state index contributed by atoms with van der Waals surface area (Å²) in [7, 11) is -1.55. The maximum absolute atomic E-state index is 12.2. The Morgan fingerprint density at radius 1 is 1.22 bits per heavy atom. The van der Waals surface area contributed by atoms with Crippen molar-refractivity contribution in [2.24, 2.45) is 10.4 Å². The number of guanidine groups is 1. The van der Waals surface area contributed by atoms with Crippen molar-refractivity contribution in [3.8, 4) is 0 Å². The Labute approximate surface area is 179 Å². The Morgan fingerprint density at radius 2 is 1.93 bits per heavy atom. The van der Waals surface area contributed by atoms with Gasteiger partial charge < -0.3 is 10.2 Å². The summed E-state index contributed by atoms with van der Waals surface area (Å²) in [5.41, 5.74) is 1.59. The van der Waals surface area contributed by atoms with Crippen LogP contribution in [-0.2, 0) is 16.6 Å². The monoisotopic (exact) mass is 504 g/mol. The highest BCUT2D eigenvalue weighted by Gasteiger charge is 2.43. The molecule has 1 aromatic carbocycles. The summed E-state index contributed by atoms with van der Waals surface area (Å²) in [5, 5.41) is 3.42. The van der Waals surface area contributed by atoms with E-state index in [1.165, 1.54) is 25.7 Å². The number of halogens is 1. The number of rotatable bonds is 5. The minimum absolute atomic E-state index is 0. The van der Waals surface area contributed by atoms with Gasteiger partial charge in [0.15, 0.2) is 5.96 Å². The number of aliphatic imine (C=N–C) groups is 1. The van der Waals surface area contributed by atoms with Crippen molar-refractivity contribution in [3.63, 3.8) is 0 Å². The average Bonchev–Trinajstić information content (AvgIpc) is 3.28. The van der Waals surface area contributed by atoms with Gasteiger partial charge in [-0.15, -0.1) is 24.0 Å². The van der Waals surface area contributed by atoms with Crippen LogP contribution in [0.1, 0.15) is 44.1 Å². The molecule has 150 valence electrons. The van der Waals surface area contributed by atoms with Crippen molar-refractivity contribution >= 4 is 40.0 Å². The fourth-order valence-corrected chi connectivity index (χ4v) is 5.29. The van der Waals surface area contributed by atoms with Crippen molar-refractivity contribution in [2.45, 2.75) is 56.0 Å². The molecule has 0 aromatic heterocycles. The predicted molar refractivity (Wildman–Crippen MR) is 118 cm³/mol. The quantitative estimate of drug-likeness (QED) is 0.368. The largest absolute Gasteiger partial charge is 0.352 e. The van der Waals surface area contributed by atoms with Crippen LogP contribution in [0.4, 0.5) is 0 Å². The number of likely N-dealkylation sites (tertiary alicyclic amines) is 1. The van der Waals surface area contributed by atoms with E-state index >= 15 is 0 Å². The molecule has 6 nitrogen and oxygen atoms in total. The van der Waals surface area contributed by atoms with Crippen LogP contribution in [0, 0.1) is 5.41 Å². The first-order valence-electron chi connectivity index (χ1n) is 9.57. The molecule has 4 rings (SSSR count). The molecular weight excluding hydrogens is 475 g/mol. The van der Waals surface area contributed by atoms with E-state index in [-0.39, 0.29) is 30.0 Å². The van der Waals surface area contributed by atoms with Crippen LogP contribution in [0.5, 0.6) is 0 Å². The number of benzene rings is 1. The van der Waals surface area contributed by atoms with Gasteiger partial charge >= 0.3 is 0 Å². The van der Waals surface area contributed by atoms with Crippen LogP contribution < -0.4 is 10.0 Å². The summed E-state index contributed by atoms with van der Waals surface area (Å²) < 4.78 is 27.2. The second-order valence-electron chi connectivity index (χ2n) is 7.97.